The van der Waals surface area contributed by atoms with Gasteiger partial charge in [-0.05, 0) is 54.0 Å². The Labute approximate surface area is 212 Å². The van der Waals surface area contributed by atoms with Crippen molar-refractivity contribution in [3.05, 3.63) is 77.5 Å². The van der Waals surface area contributed by atoms with Gasteiger partial charge >= 0.3 is 0 Å². The first kappa shape index (κ1) is 23.7. The number of fused-ring (bicyclic) bond motifs is 5. The zero-order valence-corrected chi connectivity index (χ0v) is 20.4. The second-order valence-corrected chi connectivity index (χ2v) is 10.3. The minimum atomic E-state index is -0.669. The standard InChI is InChI=1S/C27H26F2N6O2/c1-26(2)18-6-8-27(26,24-17(18)10-21(33-34-24)23-19(28)4-3-5-20(23)29)22-7-9-30-25(32-22)15-11-31-35(12-15)16(13-36)14-37/h3-5,7,9-12,16,18,36-37H,6,8,13-14H2,1-2H3/t18-,27-/m0/s1. The van der Waals surface area contributed by atoms with Crippen molar-refractivity contribution in [1.29, 1.82) is 0 Å². The number of nitrogens with zero attached hydrogens (tertiary/aromatic N) is 6. The molecule has 6 rings (SSSR count). The topological polar surface area (TPSA) is 110 Å². The van der Waals surface area contributed by atoms with Gasteiger partial charge in [-0.15, -0.1) is 5.10 Å². The molecule has 8 nitrogen and oxygen atoms in total. The van der Waals surface area contributed by atoms with Crippen LogP contribution in [-0.4, -0.2) is 53.4 Å². The van der Waals surface area contributed by atoms with Crippen LogP contribution in [-0.2, 0) is 5.41 Å². The van der Waals surface area contributed by atoms with Gasteiger partial charge in [-0.25, -0.2) is 18.7 Å². The quantitative estimate of drug-likeness (QED) is 0.411. The first-order valence-electron chi connectivity index (χ1n) is 12.2. The van der Waals surface area contributed by atoms with E-state index in [1.54, 1.807) is 24.7 Å². The highest BCUT2D eigenvalue weighted by Crippen LogP contribution is 2.69. The van der Waals surface area contributed by atoms with E-state index >= 15 is 0 Å². The Hall–Kier alpha value is -3.63. The van der Waals surface area contributed by atoms with Crippen molar-refractivity contribution in [1.82, 2.24) is 29.9 Å². The fourth-order valence-electron chi connectivity index (χ4n) is 6.37. The summed E-state index contributed by atoms with van der Waals surface area (Å²) in [6, 6.07) is 6.91. The van der Waals surface area contributed by atoms with E-state index in [1.165, 1.54) is 22.9 Å². The molecule has 0 amide bonds. The van der Waals surface area contributed by atoms with Crippen molar-refractivity contribution >= 4 is 0 Å². The molecule has 0 saturated heterocycles. The van der Waals surface area contributed by atoms with E-state index in [0.29, 0.717) is 11.4 Å². The number of aliphatic hydroxyl groups is 2. The summed E-state index contributed by atoms with van der Waals surface area (Å²) in [6.45, 7) is 3.88. The maximum Gasteiger partial charge on any atom is 0.162 e. The van der Waals surface area contributed by atoms with Crippen molar-refractivity contribution in [2.24, 2.45) is 5.41 Å². The van der Waals surface area contributed by atoms with E-state index < -0.39 is 23.1 Å². The normalized spacial score (nSPS) is 21.5. The molecule has 3 heterocycles. The van der Waals surface area contributed by atoms with E-state index in [9.17, 15) is 19.0 Å². The lowest BCUT2D eigenvalue weighted by Gasteiger charge is -2.37. The van der Waals surface area contributed by atoms with Crippen molar-refractivity contribution < 1.29 is 19.0 Å². The third-order valence-electron chi connectivity index (χ3n) is 8.35. The zero-order chi connectivity index (χ0) is 25.9. The van der Waals surface area contributed by atoms with Crippen LogP contribution in [0.5, 0.6) is 0 Å². The zero-order valence-electron chi connectivity index (χ0n) is 20.4. The third-order valence-corrected chi connectivity index (χ3v) is 8.35. The predicted octanol–water partition coefficient (Wildman–Crippen LogP) is 3.80. The number of halogens is 2. The molecule has 0 aliphatic heterocycles. The molecule has 0 unspecified atom stereocenters. The number of aromatic nitrogens is 6. The molecule has 1 aromatic carbocycles. The van der Waals surface area contributed by atoms with E-state index in [0.717, 1.165) is 29.8 Å². The number of rotatable bonds is 6. The summed E-state index contributed by atoms with van der Waals surface area (Å²) in [5.74, 6) is -0.741. The average Bonchev–Trinajstić information content (AvgIpc) is 3.53. The fraction of sp³-hybridized carbons (Fsp3) is 0.370. The number of benzene rings is 1. The van der Waals surface area contributed by atoms with E-state index in [4.69, 9.17) is 4.98 Å². The summed E-state index contributed by atoms with van der Waals surface area (Å²) >= 11 is 0. The Bertz CT molecular complexity index is 1480. The van der Waals surface area contributed by atoms with Gasteiger partial charge in [0.2, 0.25) is 0 Å². The van der Waals surface area contributed by atoms with Crippen LogP contribution >= 0.6 is 0 Å². The minimum absolute atomic E-state index is 0.127. The molecule has 0 spiro atoms. The van der Waals surface area contributed by atoms with Crippen molar-refractivity contribution in [2.45, 2.75) is 44.1 Å². The van der Waals surface area contributed by atoms with Crippen LogP contribution in [0.4, 0.5) is 8.78 Å². The highest BCUT2D eigenvalue weighted by molar-refractivity contribution is 5.64. The van der Waals surface area contributed by atoms with Crippen LogP contribution in [0.25, 0.3) is 22.6 Å². The summed E-state index contributed by atoms with van der Waals surface area (Å²) < 4.78 is 30.5. The molecule has 1 saturated carbocycles. The lowest BCUT2D eigenvalue weighted by Crippen LogP contribution is -2.38. The van der Waals surface area contributed by atoms with Gasteiger partial charge in [-0.3, -0.25) is 4.68 Å². The summed E-state index contributed by atoms with van der Waals surface area (Å²) in [7, 11) is 0. The highest BCUT2D eigenvalue weighted by atomic mass is 19.1. The molecule has 0 radical (unpaired) electrons. The minimum Gasteiger partial charge on any atom is -0.394 e. The summed E-state index contributed by atoms with van der Waals surface area (Å²) in [4.78, 5) is 9.40. The summed E-state index contributed by atoms with van der Waals surface area (Å²) in [5, 5.41) is 32.1. The lowest BCUT2D eigenvalue weighted by molar-refractivity contribution is 0.146. The van der Waals surface area contributed by atoms with Crippen LogP contribution < -0.4 is 0 Å². The largest absolute Gasteiger partial charge is 0.394 e. The number of hydrogen-bond acceptors (Lipinski definition) is 7. The molecule has 2 bridgehead atoms. The monoisotopic (exact) mass is 504 g/mol. The molecule has 1 fully saturated rings. The maximum absolute atomic E-state index is 14.5. The molecular formula is C27H26F2N6O2. The Morgan fingerprint density at radius 2 is 1.86 bits per heavy atom. The molecule has 2 atom stereocenters. The van der Waals surface area contributed by atoms with Gasteiger partial charge in [0.1, 0.15) is 11.6 Å². The van der Waals surface area contributed by atoms with E-state index in [2.05, 4.69) is 34.1 Å². The Morgan fingerprint density at radius 3 is 2.59 bits per heavy atom. The van der Waals surface area contributed by atoms with Crippen LogP contribution in [0, 0.1) is 17.0 Å². The van der Waals surface area contributed by atoms with Crippen molar-refractivity contribution in [3.8, 4) is 22.6 Å². The third kappa shape index (κ3) is 3.28. The molecule has 2 N–H and O–H groups in total. The van der Waals surface area contributed by atoms with E-state index in [-0.39, 0.29) is 35.8 Å². The summed E-state index contributed by atoms with van der Waals surface area (Å²) in [6.07, 6.45) is 6.71. The van der Waals surface area contributed by atoms with Gasteiger partial charge < -0.3 is 10.2 Å². The smallest absolute Gasteiger partial charge is 0.162 e. The van der Waals surface area contributed by atoms with E-state index in [1.807, 2.05) is 6.07 Å². The number of aliphatic hydroxyl groups excluding tert-OH is 2. The molecule has 4 aromatic rings. The second kappa shape index (κ2) is 8.46. The van der Waals surface area contributed by atoms with Gasteiger partial charge in [-0.1, -0.05) is 19.9 Å². The molecule has 10 heteroatoms. The Balaban J connectivity index is 1.45. The number of hydrogen-bond donors (Lipinski definition) is 2. The second-order valence-electron chi connectivity index (χ2n) is 10.3. The molecular weight excluding hydrogens is 478 g/mol. The van der Waals surface area contributed by atoms with Gasteiger partial charge in [-0.2, -0.15) is 10.2 Å². The van der Waals surface area contributed by atoms with Gasteiger partial charge in [0.25, 0.3) is 0 Å². The highest BCUT2D eigenvalue weighted by Gasteiger charge is 2.65. The predicted molar refractivity (Wildman–Crippen MR) is 130 cm³/mol. The summed E-state index contributed by atoms with van der Waals surface area (Å²) in [5.41, 5.74) is 2.40. The average molecular weight is 505 g/mol. The van der Waals surface area contributed by atoms with Crippen LogP contribution in [0.15, 0.2) is 48.9 Å². The fourth-order valence-corrected chi connectivity index (χ4v) is 6.37. The molecule has 2 aliphatic carbocycles. The first-order chi connectivity index (χ1) is 17.8. The van der Waals surface area contributed by atoms with Gasteiger partial charge in [0.05, 0.1) is 59.1 Å². The van der Waals surface area contributed by atoms with Crippen molar-refractivity contribution in [3.63, 3.8) is 0 Å². The molecule has 3 aromatic heterocycles. The van der Waals surface area contributed by atoms with Gasteiger partial charge in [0.15, 0.2) is 5.82 Å². The molecule has 37 heavy (non-hydrogen) atoms. The first-order valence-corrected chi connectivity index (χ1v) is 12.2. The van der Waals surface area contributed by atoms with Crippen LogP contribution in [0.1, 0.15) is 55.6 Å². The van der Waals surface area contributed by atoms with Crippen LogP contribution in [0.3, 0.4) is 0 Å². The molecule has 190 valence electrons. The Kier molecular flexibility index (Phi) is 5.43. The van der Waals surface area contributed by atoms with Crippen LogP contribution in [0.2, 0.25) is 0 Å². The van der Waals surface area contributed by atoms with Crippen molar-refractivity contribution in [2.75, 3.05) is 13.2 Å². The molecule has 2 aliphatic rings. The SMILES string of the molecule is CC1(C)[C@H]2CC[C@]1(c1ccnc(-c3cnn(C(CO)CO)c3)n1)c1nnc(-c3c(F)cccc3F)cc12. The lowest BCUT2D eigenvalue weighted by atomic mass is 9.66. The maximum atomic E-state index is 14.5. The van der Waals surface area contributed by atoms with Gasteiger partial charge in [0, 0.05) is 12.4 Å². The Morgan fingerprint density at radius 1 is 1.11 bits per heavy atom.